The first-order chi connectivity index (χ1) is 9.54. The molecule has 2 rings (SSSR count). The summed E-state index contributed by atoms with van der Waals surface area (Å²) < 4.78 is 11.7. The van der Waals surface area contributed by atoms with E-state index >= 15 is 0 Å². The minimum absolute atomic E-state index is 0.299. The van der Waals surface area contributed by atoms with Gasteiger partial charge >= 0.3 is 0 Å². The molecule has 5 nitrogen and oxygen atoms in total. The Balaban J connectivity index is 2.05. The topological polar surface area (TPSA) is 60.2 Å². The molecule has 108 valence electrons. The highest BCUT2D eigenvalue weighted by molar-refractivity contribution is 9.10. The summed E-state index contributed by atoms with van der Waals surface area (Å²) in [6.45, 7) is 7.03. The second kappa shape index (κ2) is 6.85. The Morgan fingerprint density at radius 2 is 2.20 bits per heavy atom. The Kier molecular flexibility index (Phi) is 5.14. The van der Waals surface area contributed by atoms with E-state index < -0.39 is 0 Å². The monoisotopic (exact) mass is 339 g/mol. The van der Waals surface area contributed by atoms with Crippen LogP contribution in [0.15, 0.2) is 27.2 Å². The predicted octanol–water partition coefficient (Wildman–Crippen LogP) is 3.22. The molecule has 0 amide bonds. The summed E-state index contributed by atoms with van der Waals surface area (Å²) in [5.41, 5.74) is 1.09. The Hall–Kier alpha value is -1.40. The van der Waals surface area contributed by atoms with Gasteiger partial charge < -0.3 is 14.6 Å². The van der Waals surface area contributed by atoms with Crippen molar-refractivity contribution in [2.24, 2.45) is 0 Å². The summed E-state index contributed by atoms with van der Waals surface area (Å²) in [4.78, 5) is 4.12. The summed E-state index contributed by atoms with van der Waals surface area (Å²) in [6.07, 6.45) is 0. The predicted molar refractivity (Wildman–Crippen MR) is 79.5 cm³/mol. The van der Waals surface area contributed by atoms with Crippen molar-refractivity contribution in [3.8, 4) is 5.75 Å². The molecule has 0 spiro atoms. The van der Waals surface area contributed by atoms with Crippen LogP contribution in [0, 0.1) is 6.92 Å². The third kappa shape index (κ3) is 4.31. The van der Waals surface area contributed by atoms with Gasteiger partial charge in [-0.3, -0.25) is 0 Å². The van der Waals surface area contributed by atoms with Gasteiger partial charge in [0.25, 0.3) is 0 Å². The standard InChI is InChI=1S/C14H18BrN3O2/c1-9(2)16-7-11-6-12(15)4-5-13(11)19-8-14-17-10(3)20-18-14/h4-6,9,16H,7-8H2,1-3H3. The van der Waals surface area contributed by atoms with Gasteiger partial charge in [0.2, 0.25) is 11.7 Å². The zero-order chi connectivity index (χ0) is 14.5. The van der Waals surface area contributed by atoms with E-state index in [0.717, 1.165) is 22.3 Å². The maximum absolute atomic E-state index is 5.78. The first-order valence-electron chi connectivity index (χ1n) is 6.48. The van der Waals surface area contributed by atoms with Gasteiger partial charge in [0.05, 0.1) is 0 Å². The van der Waals surface area contributed by atoms with Gasteiger partial charge in [-0.2, -0.15) is 4.98 Å². The van der Waals surface area contributed by atoms with Crippen LogP contribution in [-0.4, -0.2) is 16.2 Å². The molecule has 6 heteroatoms. The van der Waals surface area contributed by atoms with Crippen molar-refractivity contribution in [1.82, 2.24) is 15.5 Å². The van der Waals surface area contributed by atoms with E-state index in [1.807, 2.05) is 18.2 Å². The zero-order valence-electron chi connectivity index (χ0n) is 11.8. The number of nitrogens with zero attached hydrogens (tertiary/aromatic N) is 2. The van der Waals surface area contributed by atoms with Gasteiger partial charge in [0, 0.05) is 29.5 Å². The van der Waals surface area contributed by atoms with Crippen LogP contribution >= 0.6 is 15.9 Å². The van der Waals surface area contributed by atoms with Crippen LogP contribution in [0.5, 0.6) is 5.75 Å². The molecule has 1 aromatic heterocycles. The molecule has 2 aromatic rings. The van der Waals surface area contributed by atoms with Crippen molar-refractivity contribution in [2.45, 2.75) is 40.0 Å². The number of hydrogen-bond acceptors (Lipinski definition) is 5. The van der Waals surface area contributed by atoms with Crippen molar-refractivity contribution in [3.63, 3.8) is 0 Å². The van der Waals surface area contributed by atoms with E-state index in [4.69, 9.17) is 9.26 Å². The Morgan fingerprint density at radius 1 is 1.40 bits per heavy atom. The average molecular weight is 340 g/mol. The molecule has 20 heavy (non-hydrogen) atoms. The molecule has 0 radical (unpaired) electrons. The third-order valence-corrected chi connectivity index (χ3v) is 3.14. The van der Waals surface area contributed by atoms with Gasteiger partial charge in [0.1, 0.15) is 5.75 Å². The SMILES string of the molecule is Cc1nc(COc2ccc(Br)cc2CNC(C)C)no1. The van der Waals surface area contributed by atoms with Gasteiger partial charge in [-0.05, 0) is 18.2 Å². The summed E-state index contributed by atoms with van der Waals surface area (Å²) in [7, 11) is 0. The Labute approximate surface area is 126 Å². The molecule has 0 fully saturated rings. The van der Waals surface area contributed by atoms with E-state index in [9.17, 15) is 0 Å². The largest absolute Gasteiger partial charge is 0.485 e. The lowest BCUT2D eigenvalue weighted by molar-refractivity contribution is 0.282. The molecular weight excluding hydrogens is 322 g/mol. The van der Waals surface area contributed by atoms with E-state index in [0.29, 0.717) is 24.4 Å². The second-order valence-electron chi connectivity index (χ2n) is 4.81. The van der Waals surface area contributed by atoms with Crippen LogP contribution in [-0.2, 0) is 13.2 Å². The molecule has 0 atom stereocenters. The fourth-order valence-corrected chi connectivity index (χ4v) is 2.09. The van der Waals surface area contributed by atoms with E-state index in [1.54, 1.807) is 6.92 Å². The summed E-state index contributed by atoms with van der Waals surface area (Å²) in [5, 5.41) is 7.20. The Morgan fingerprint density at radius 3 is 2.85 bits per heavy atom. The molecule has 0 saturated heterocycles. The fraction of sp³-hybridized carbons (Fsp3) is 0.429. The number of ether oxygens (including phenoxy) is 1. The zero-order valence-corrected chi connectivity index (χ0v) is 13.4. The summed E-state index contributed by atoms with van der Waals surface area (Å²) in [6, 6.07) is 6.36. The minimum Gasteiger partial charge on any atom is -0.485 e. The van der Waals surface area contributed by atoms with Crippen LogP contribution in [0.4, 0.5) is 0 Å². The highest BCUT2D eigenvalue weighted by atomic mass is 79.9. The van der Waals surface area contributed by atoms with Gasteiger partial charge in [-0.15, -0.1) is 0 Å². The number of nitrogens with one attached hydrogen (secondary N) is 1. The number of hydrogen-bond donors (Lipinski definition) is 1. The fourth-order valence-electron chi connectivity index (χ4n) is 1.68. The molecule has 0 aliphatic heterocycles. The molecule has 0 aliphatic rings. The van der Waals surface area contributed by atoms with Crippen molar-refractivity contribution in [2.75, 3.05) is 0 Å². The number of rotatable bonds is 6. The molecule has 1 heterocycles. The lowest BCUT2D eigenvalue weighted by atomic mass is 10.2. The lowest BCUT2D eigenvalue weighted by Crippen LogP contribution is -2.22. The van der Waals surface area contributed by atoms with Crippen LogP contribution < -0.4 is 10.1 Å². The lowest BCUT2D eigenvalue weighted by Gasteiger charge is -2.13. The van der Waals surface area contributed by atoms with Crippen molar-refractivity contribution in [3.05, 3.63) is 40.0 Å². The van der Waals surface area contributed by atoms with Crippen molar-refractivity contribution < 1.29 is 9.26 Å². The van der Waals surface area contributed by atoms with E-state index in [1.165, 1.54) is 0 Å². The number of halogens is 1. The third-order valence-electron chi connectivity index (χ3n) is 2.65. The number of benzene rings is 1. The smallest absolute Gasteiger partial charge is 0.223 e. The molecule has 1 aromatic carbocycles. The second-order valence-corrected chi connectivity index (χ2v) is 5.72. The quantitative estimate of drug-likeness (QED) is 0.875. The van der Waals surface area contributed by atoms with Crippen molar-refractivity contribution in [1.29, 1.82) is 0 Å². The molecule has 1 N–H and O–H groups in total. The van der Waals surface area contributed by atoms with Crippen LogP contribution in [0.25, 0.3) is 0 Å². The normalized spacial score (nSPS) is 11.1. The highest BCUT2D eigenvalue weighted by Crippen LogP contribution is 2.24. The van der Waals surface area contributed by atoms with Crippen molar-refractivity contribution >= 4 is 15.9 Å². The Bertz CT molecular complexity index is 569. The molecule has 0 aliphatic carbocycles. The molecular formula is C14H18BrN3O2. The number of aromatic nitrogens is 2. The first-order valence-corrected chi connectivity index (χ1v) is 7.27. The average Bonchev–Trinajstić information content (AvgIpc) is 2.81. The van der Waals surface area contributed by atoms with Crippen LogP contribution in [0.2, 0.25) is 0 Å². The van der Waals surface area contributed by atoms with Crippen LogP contribution in [0.3, 0.4) is 0 Å². The maximum atomic E-state index is 5.78. The molecule has 0 unspecified atom stereocenters. The van der Waals surface area contributed by atoms with Gasteiger partial charge in [0.15, 0.2) is 6.61 Å². The van der Waals surface area contributed by atoms with Crippen LogP contribution in [0.1, 0.15) is 31.1 Å². The van der Waals surface area contributed by atoms with E-state index in [2.05, 4.69) is 45.2 Å². The maximum Gasteiger partial charge on any atom is 0.223 e. The minimum atomic E-state index is 0.299. The number of aryl methyl sites for hydroxylation is 1. The summed E-state index contributed by atoms with van der Waals surface area (Å²) >= 11 is 3.48. The van der Waals surface area contributed by atoms with E-state index in [-0.39, 0.29) is 0 Å². The first kappa shape index (κ1) is 15.0. The summed E-state index contributed by atoms with van der Waals surface area (Å²) in [5.74, 6) is 1.91. The highest BCUT2D eigenvalue weighted by Gasteiger charge is 2.08. The van der Waals surface area contributed by atoms with Gasteiger partial charge in [-0.25, -0.2) is 0 Å². The van der Waals surface area contributed by atoms with Gasteiger partial charge in [-0.1, -0.05) is 34.9 Å². The molecule has 0 bridgehead atoms. The molecule has 0 saturated carbocycles.